The molecule has 0 fully saturated rings. The van der Waals surface area contributed by atoms with Crippen molar-refractivity contribution in [1.29, 1.82) is 0 Å². The number of aliphatic hydroxyl groups excluding tert-OH is 1. The van der Waals surface area contributed by atoms with Crippen LogP contribution >= 0.6 is 0 Å². The van der Waals surface area contributed by atoms with Crippen LogP contribution in [0.2, 0.25) is 0 Å². The number of hydrogen-bond acceptors (Lipinski definition) is 3. The van der Waals surface area contributed by atoms with E-state index in [0.29, 0.717) is 12.2 Å². The number of carbonyl (C=O) groups excluding carboxylic acids is 1. The number of benzene rings is 2. The Bertz CT molecular complexity index is 667. The summed E-state index contributed by atoms with van der Waals surface area (Å²) in [5.74, 6) is 0.676. The first-order valence-electron chi connectivity index (χ1n) is 7.46. The van der Waals surface area contributed by atoms with Crippen molar-refractivity contribution >= 4 is 5.91 Å². The summed E-state index contributed by atoms with van der Waals surface area (Å²) < 4.78 is 5.64. The predicted molar refractivity (Wildman–Crippen MR) is 83.8 cm³/mol. The number of rotatable bonds is 3. The highest BCUT2D eigenvalue weighted by Crippen LogP contribution is 2.34. The lowest BCUT2D eigenvalue weighted by molar-refractivity contribution is 0.0924. The van der Waals surface area contributed by atoms with Gasteiger partial charge >= 0.3 is 0 Å². The zero-order valence-electron chi connectivity index (χ0n) is 12.5. The topological polar surface area (TPSA) is 58.6 Å². The smallest absolute Gasteiger partial charge is 0.251 e. The molecule has 2 N–H and O–H groups in total. The Morgan fingerprint density at radius 3 is 2.77 bits per heavy atom. The molecule has 1 aliphatic rings. The summed E-state index contributed by atoms with van der Waals surface area (Å²) in [6.07, 6.45) is 0.173. The van der Waals surface area contributed by atoms with E-state index in [4.69, 9.17) is 4.74 Å². The third-order valence-corrected chi connectivity index (χ3v) is 3.90. The predicted octanol–water partition coefficient (Wildman–Crippen LogP) is 2.99. The van der Waals surface area contributed by atoms with E-state index >= 15 is 0 Å². The van der Waals surface area contributed by atoms with Crippen molar-refractivity contribution in [3.63, 3.8) is 0 Å². The number of fused-ring (bicyclic) bond motifs is 1. The van der Waals surface area contributed by atoms with Crippen LogP contribution < -0.4 is 10.1 Å². The molecule has 3 rings (SSSR count). The lowest BCUT2D eigenvalue weighted by Crippen LogP contribution is -2.32. The van der Waals surface area contributed by atoms with E-state index in [-0.39, 0.29) is 11.9 Å². The maximum atomic E-state index is 12.3. The number of nitrogens with one attached hydrogen (secondary N) is 1. The highest BCUT2D eigenvalue weighted by Gasteiger charge is 2.24. The molecule has 1 heterocycles. The van der Waals surface area contributed by atoms with Gasteiger partial charge in [-0.25, -0.2) is 0 Å². The van der Waals surface area contributed by atoms with Gasteiger partial charge in [0.25, 0.3) is 5.91 Å². The van der Waals surface area contributed by atoms with Gasteiger partial charge in [0.2, 0.25) is 0 Å². The molecule has 1 aliphatic heterocycles. The molecule has 2 atom stereocenters. The molecule has 0 bridgehead atoms. The SMILES string of the molecule is CC(O)c1ccc2c(c1)C(NC(=O)c1ccccc1)CCO2. The van der Waals surface area contributed by atoms with Crippen molar-refractivity contribution in [2.45, 2.75) is 25.5 Å². The van der Waals surface area contributed by atoms with Crippen LogP contribution in [0.15, 0.2) is 48.5 Å². The van der Waals surface area contributed by atoms with Crippen LogP contribution in [0, 0.1) is 0 Å². The van der Waals surface area contributed by atoms with Gasteiger partial charge in [0, 0.05) is 17.5 Å². The van der Waals surface area contributed by atoms with Crippen LogP contribution in [0.5, 0.6) is 5.75 Å². The van der Waals surface area contributed by atoms with Crippen LogP contribution in [-0.4, -0.2) is 17.6 Å². The maximum Gasteiger partial charge on any atom is 0.251 e. The van der Waals surface area contributed by atoms with E-state index in [9.17, 15) is 9.90 Å². The number of carbonyl (C=O) groups is 1. The van der Waals surface area contributed by atoms with Gasteiger partial charge in [-0.1, -0.05) is 24.3 Å². The Kier molecular flexibility index (Phi) is 4.11. The van der Waals surface area contributed by atoms with Gasteiger partial charge in [0.05, 0.1) is 18.8 Å². The molecule has 0 saturated carbocycles. The molecule has 2 aromatic rings. The monoisotopic (exact) mass is 297 g/mol. The molecule has 114 valence electrons. The van der Waals surface area contributed by atoms with E-state index in [1.54, 1.807) is 19.1 Å². The minimum atomic E-state index is -0.544. The molecule has 4 nitrogen and oxygen atoms in total. The Morgan fingerprint density at radius 1 is 1.27 bits per heavy atom. The highest BCUT2D eigenvalue weighted by molar-refractivity contribution is 5.94. The van der Waals surface area contributed by atoms with Gasteiger partial charge in [-0.15, -0.1) is 0 Å². The zero-order chi connectivity index (χ0) is 15.5. The van der Waals surface area contributed by atoms with Crippen molar-refractivity contribution in [3.8, 4) is 5.75 Å². The molecule has 2 aromatic carbocycles. The van der Waals surface area contributed by atoms with E-state index in [0.717, 1.165) is 23.3 Å². The zero-order valence-corrected chi connectivity index (χ0v) is 12.5. The number of hydrogen-bond donors (Lipinski definition) is 2. The van der Waals surface area contributed by atoms with Gasteiger partial charge in [0.1, 0.15) is 5.75 Å². The summed E-state index contributed by atoms with van der Waals surface area (Å²) in [6.45, 7) is 2.30. The Morgan fingerprint density at radius 2 is 2.05 bits per heavy atom. The maximum absolute atomic E-state index is 12.3. The van der Waals surface area contributed by atoms with Gasteiger partial charge in [-0.2, -0.15) is 0 Å². The van der Waals surface area contributed by atoms with Crippen LogP contribution in [0.3, 0.4) is 0 Å². The van der Waals surface area contributed by atoms with E-state index in [1.807, 2.05) is 36.4 Å². The van der Waals surface area contributed by atoms with Gasteiger partial charge in [0.15, 0.2) is 0 Å². The van der Waals surface area contributed by atoms with Crippen LogP contribution in [0.25, 0.3) is 0 Å². The van der Waals surface area contributed by atoms with E-state index in [2.05, 4.69) is 5.32 Å². The third-order valence-electron chi connectivity index (χ3n) is 3.90. The fourth-order valence-corrected chi connectivity index (χ4v) is 2.65. The second-order valence-corrected chi connectivity index (χ2v) is 5.50. The summed E-state index contributed by atoms with van der Waals surface area (Å²) in [5.41, 5.74) is 2.39. The summed E-state index contributed by atoms with van der Waals surface area (Å²) in [5, 5.41) is 12.8. The Balaban J connectivity index is 1.85. The van der Waals surface area contributed by atoms with Gasteiger partial charge in [-0.05, 0) is 36.8 Å². The molecule has 0 aromatic heterocycles. The largest absolute Gasteiger partial charge is 0.493 e. The van der Waals surface area contributed by atoms with E-state index in [1.165, 1.54) is 0 Å². The second-order valence-electron chi connectivity index (χ2n) is 5.50. The van der Waals surface area contributed by atoms with Gasteiger partial charge in [-0.3, -0.25) is 4.79 Å². The minimum Gasteiger partial charge on any atom is -0.493 e. The highest BCUT2D eigenvalue weighted by atomic mass is 16.5. The van der Waals surface area contributed by atoms with Crippen molar-refractivity contribution in [3.05, 3.63) is 65.2 Å². The molecule has 0 saturated heterocycles. The fraction of sp³-hybridized carbons (Fsp3) is 0.278. The van der Waals surface area contributed by atoms with Crippen molar-refractivity contribution in [1.82, 2.24) is 5.32 Å². The molecule has 2 unspecified atom stereocenters. The summed E-state index contributed by atoms with van der Waals surface area (Å²) in [7, 11) is 0. The average Bonchev–Trinajstić information content (AvgIpc) is 2.55. The normalized spacial score (nSPS) is 18.0. The third kappa shape index (κ3) is 2.97. The molecule has 4 heteroatoms. The molecule has 0 spiro atoms. The molecule has 0 aliphatic carbocycles. The van der Waals surface area contributed by atoms with Crippen LogP contribution in [0.4, 0.5) is 0 Å². The quantitative estimate of drug-likeness (QED) is 0.915. The summed E-state index contributed by atoms with van der Waals surface area (Å²) in [6, 6.07) is 14.7. The van der Waals surface area contributed by atoms with Crippen molar-refractivity contribution in [2.24, 2.45) is 0 Å². The van der Waals surface area contributed by atoms with Crippen molar-refractivity contribution in [2.75, 3.05) is 6.61 Å². The first kappa shape index (κ1) is 14.6. The molecule has 0 radical (unpaired) electrons. The number of amides is 1. The molecule has 1 amide bonds. The molecular formula is C18H19NO3. The van der Waals surface area contributed by atoms with Crippen LogP contribution in [-0.2, 0) is 0 Å². The summed E-state index contributed by atoms with van der Waals surface area (Å²) in [4.78, 5) is 12.3. The molecular weight excluding hydrogens is 278 g/mol. The fourth-order valence-electron chi connectivity index (χ4n) is 2.65. The first-order valence-corrected chi connectivity index (χ1v) is 7.46. The first-order chi connectivity index (χ1) is 10.6. The number of aliphatic hydroxyl groups is 1. The van der Waals surface area contributed by atoms with Crippen molar-refractivity contribution < 1.29 is 14.6 Å². The lowest BCUT2D eigenvalue weighted by atomic mass is 9.96. The van der Waals surface area contributed by atoms with E-state index < -0.39 is 6.10 Å². The standard InChI is InChI=1S/C18H19NO3/c1-12(20)14-7-8-17-15(11-14)16(9-10-22-17)19-18(21)13-5-3-2-4-6-13/h2-8,11-12,16,20H,9-10H2,1H3,(H,19,21). The second kappa shape index (κ2) is 6.20. The summed E-state index contributed by atoms with van der Waals surface area (Å²) >= 11 is 0. The Hall–Kier alpha value is -2.33. The van der Waals surface area contributed by atoms with Gasteiger partial charge < -0.3 is 15.2 Å². The van der Waals surface area contributed by atoms with Crippen LogP contribution in [0.1, 0.15) is 47.0 Å². The lowest BCUT2D eigenvalue weighted by Gasteiger charge is -2.27. The molecule has 22 heavy (non-hydrogen) atoms. The average molecular weight is 297 g/mol. The minimum absolute atomic E-state index is 0.0964. The number of ether oxygens (including phenoxy) is 1. The Labute approximate surface area is 129 Å².